The first-order chi connectivity index (χ1) is 6.43. The highest BCUT2D eigenvalue weighted by molar-refractivity contribution is 9.10. The number of hydrogen-bond acceptors (Lipinski definition) is 2. The highest BCUT2D eigenvalue weighted by Crippen LogP contribution is 2.24. The summed E-state index contributed by atoms with van der Waals surface area (Å²) >= 11 is 2.86. The summed E-state index contributed by atoms with van der Waals surface area (Å²) in [7, 11) is 0. The van der Waals surface area contributed by atoms with Crippen molar-refractivity contribution in [2.45, 2.75) is 6.10 Å². The van der Waals surface area contributed by atoms with Gasteiger partial charge in [0.15, 0.2) is 6.10 Å². The second-order valence-electron chi connectivity index (χ2n) is 2.59. The Bertz CT molecular complexity index is 361. The summed E-state index contributed by atoms with van der Waals surface area (Å²) in [5, 5.41) is 9.08. The van der Waals surface area contributed by atoms with Gasteiger partial charge in [0, 0.05) is 4.47 Å². The van der Waals surface area contributed by atoms with Crippen molar-refractivity contribution in [1.82, 2.24) is 0 Å². The minimum absolute atomic E-state index is 0.174. The van der Waals surface area contributed by atoms with Crippen LogP contribution in [0.25, 0.3) is 0 Å². The van der Waals surface area contributed by atoms with Crippen LogP contribution in [0.3, 0.4) is 0 Å². The van der Waals surface area contributed by atoms with E-state index in [1.807, 2.05) is 0 Å². The van der Waals surface area contributed by atoms with Gasteiger partial charge in [0.25, 0.3) is 5.91 Å². The van der Waals surface area contributed by atoms with Crippen molar-refractivity contribution in [2.24, 2.45) is 5.73 Å². The van der Waals surface area contributed by atoms with Crippen LogP contribution in [-0.4, -0.2) is 11.0 Å². The van der Waals surface area contributed by atoms with Crippen LogP contribution in [0.15, 0.2) is 16.6 Å². The van der Waals surface area contributed by atoms with Gasteiger partial charge in [0.1, 0.15) is 11.6 Å². The average Bonchev–Trinajstić information content (AvgIpc) is 2.01. The summed E-state index contributed by atoms with van der Waals surface area (Å²) in [6.45, 7) is 0. The number of benzene rings is 1. The number of aliphatic hydroxyl groups excluding tert-OH is 1. The zero-order valence-electron chi connectivity index (χ0n) is 6.80. The molecule has 0 spiro atoms. The number of primary amides is 1. The van der Waals surface area contributed by atoms with Crippen molar-refractivity contribution in [1.29, 1.82) is 0 Å². The van der Waals surface area contributed by atoms with E-state index in [1.54, 1.807) is 0 Å². The van der Waals surface area contributed by atoms with E-state index < -0.39 is 29.2 Å². The molecule has 0 bridgehead atoms. The number of rotatable bonds is 2. The lowest BCUT2D eigenvalue weighted by Crippen LogP contribution is -2.22. The van der Waals surface area contributed by atoms with Crippen LogP contribution in [0.5, 0.6) is 0 Å². The second-order valence-corrected chi connectivity index (χ2v) is 3.50. The van der Waals surface area contributed by atoms with E-state index >= 15 is 0 Å². The van der Waals surface area contributed by atoms with Gasteiger partial charge in [-0.2, -0.15) is 0 Å². The monoisotopic (exact) mass is 265 g/mol. The lowest BCUT2D eigenvalue weighted by Gasteiger charge is -2.09. The highest BCUT2D eigenvalue weighted by Gasteiger charge is 2.22. The molecule has 0 unspecified atom stereocenters. The molecular weight excluding hydrogens is 260 g/mol. The van der Waals surface area contributed by atoms with Gasteiger partial charge in [-0.05, 0) is 12.1 Å². The number of carbonyl (C=O) groups excluding carboxylic acids is 1. The molecule has 0 radical (unpaired) electrons. The van der Waals surface area contributed by atoms with Crippen molar-refractivity contribution >= 4 is 21.8 Å². The zero-order valence-corrected chi connectivity index (χ0v) is 8.38. The maximum absolute atomic E-state index is 13.1. The van der Waals surface area contributed by atoms with Crippen LogP contribution in [0.2, 0.25) is 0 Å². The maximum atomic E-state index is 13.1. The molecule has 6 heteroatoms. The largest absolute Gasteiger partial charge is 0.378 e. The Morgan fingerprint density at radius 2 is 1.86 bits per heavy atom. The quantitative estimate of drug-likeness (QED) is 0.846. The van der Waals surface area contributed by atoms with Crippen molar-refractivity contribution < 1.29 is 18.7 Å². The molecule has 1 amide bonds. The van der Waals surface area contributed by atoms with E-state index in [-0.39, 0.29) is 4.47 Å². The molecule has 0 saturated heterocycles. The minimum atomic E-state index is -1.97. The zero-order chi connectivity index (χ0) is 10.9. The fraction of sp³-hybridized carbons (Fsp3) is 0.125. The minimum Gasteiger partial charge on any atom is -0.378 e. The highest BCUT2D eigenvalue weighted by atomic mass is 79.9. The number of amides is 1. The summed E-state index contributed by atoms with van der Waals surface area (Å²) in [5.74, 6) is -3.25. The smallest absolute Gasteiger partial charge is 0.251 e. The summed E-state index contributed by atoms with van der Waals surface area (Å²) in [5.41, 5.74) is 3.97. The van der Waals surface area contributed by atoms with E-state index in [0.29, 0.717) is 0 Å². The molecule has 0 aliphatic rings. The third-order valence-electron chi connectivity index (χ3n) is 1.59. The van der Waals surface area contributed by atoms with Gasteiger partial charge in [-0.1, -0.05) is 15.9 Å². The van der Waals surface area contributed by atoms with Crippen LogP contribution < -0.4 is 5.73 Å². The molecule has 3 N–H and O–H groups in total. The Hall–Kier alpha value is -1.01. The molecule has 0 fully saturated rings. The molecule has 1 aromatic rings. The van der Waals surface area contributed by atoms with Crippen LogP contribution >= 0.6 is 15.9 Å². The van der Waals surface area contributed by atoms with E-state index in [2.05, 4.69) is 15.9 Å². The summed E-state index contributed by atoms with van der Waals surface area (Å²) < 4.78 is 26.3. The molecule has 1 atom stereocenters. The molecule has 14 heavy (non-hydrogen) atoms. The SMILES string of the molecule is NC(=O)[C@H](O)c1c(F)cc(Br)cc1F. The Morgan fingerprint density at radius 3 is 2.21 bits per heavy atom. The predicted molar refractivity (Wildman–Crippen MR) is 48.2 cm³/mol. The number of halogens is 3. The van der Waals surface area contributed by atoms with Crippen LogP contribution in [0, 0.1) is 11.6 Å². The van der Waals surface area contributed by atoms with Gasteiger partial charge in [-0.25, -0.2) is 8.78 Å². The first kappa shape index (κ1) is 11.1. The molecule has 0 heterocycles. The van der Waals surface area contributed by atoms with Crippen LogP contribution in [0.1, 0.15) is 11.7 Å². The first-order valence-corrected chi connectivity index (χ1v) is 4.34. The predicted octanol–water partition coefficient (Wildman–Crippen LogP) is 1.25. The second kappa shape index (κ2) is 4.02. The molecule has 0 aromatic heterocycles. The van der Waals surface area contributed by atoms with Gasteiger partial charge in [-0.15, -0.1) is 0 Å². The van der Waals surface area contributed by atoms with Crippen molar-refractivity contribution in [3.63, 3.8) is 0 Å². The van der Waals surface area contributed by atoms with Crippen molar-refractivity contribution in [3.8, 4) is 0 Å². The molecular formula is C8H6BrF2NO2. The number of carbonyl (C=O) groups is 1. The molecule has 3 nitrogen and oxygen atoms in total. The lowest BCUT2D eigenvalue weighted by molar-refractivity contribution is -0.126. The van der Waals surface area contributed by atoms with Gasteiger partial charge in [0.05, 0.1) is 5.56 Å². The Labute approximate surface area is 86.7 Å². The van der Waals surface area contributed by atoms with E-state index in [0.717, 1.165) is 12.1 Å². The van der Waals surface area contributed by atoms with Crippen LogP contribution in [0.4, 0.5) is 8.78 Å². The van der Waals surface area contributed by atoms with Gasteiger partial charge >= 0.3 is 0 Å². The molecule has 1 rings (SSSR count). The van der Waals surface area contributed by atoms with Gasteiger partial charge in [-0.3, -0.25) is 4.79 Å². The average molecular weight is 266 g/mol. The summed E-state index contributed by atoms with van der Waals surface area (Å²) in [6, 6.07) is 1.87. The fourth-order valence-electron chi connectivity index (χ4n) is 0.957. The Morgan fingerprint density at radius 1 is 1.43 bits per heavy atom. The standard InChI is InChI=1S/C8H6BrF2NO2/c9-3-1-4(10)6(5(11)2-3)7(13)8(12)14/h1-2,7,13H,(H2,12,14)/t7-/m1/s1. The maximum Gasteiger partial charge on any atom is 0.251 e. The third-order valence-corrected chi connectivity index (χ3v) is 2.04. The molecule has 1 aromatic carbocycles. The molecule has 0 aliphatic carbocycles. The third kappa shape index (κ3) is 2.08. The fourth-order valence-corrected chi connectivity index (χ4v) is 1.36. The Balaban J connectivity index is 3.27. The number of hydrogen-bond donors (Lipinski definition) is 2. The summed E-state index contributed by atoms with van der Waals surface area (Å²) in [6.07, 6.45) is -1.97. The van der Waals surface area contributed by atoms with Gasteiger partial charge < -0.3 is 10.8 Å². The summed E-state index contributed by atoms with van der Waals surface area (Å²) in [4.78, 5) is 10.5. The molecule has 76 valence electrons. The van der Waals surface area contributed by atoms with Crippen LogP contribution in [-0.2, 0) is 4.79 Å². The first-order valence-electron chi connectivity index (χ1n) is 3.55. The van der Waals surface area contributed by atoms with E-state index in [9.17, 15) is 13.6 Å². The lowest BCUT2D eigenvalue weighted by atomic mass is 10.1. The number of nitrogens with two attached hydrogens (primary N) is 1. The normalized spacial score (nSPS) is 12.6. The van der Waals surface area contributed by atoms with E-state index in [1.165, 1.54) is 0 Å². The van der Waals surface area contributed by atoms with E-state index in [4.69, 9.17) is 10.8 Å². The number of aliphatic hydroxyl groups is 1. The molecule has 0 aliphatic heterocycles. The molecule has 0 saturated carbocycles. The Kier molecular flexibility index (Phi) is 3.17. The van der Waals surface area contributed by atoms with Crippen molar-refractivity contribution in [3.05, 3.63) is 33.8 Å². The van der Waals surface area contributed by atoms with Gasteiger partial charge in [0.2, 0.25) is 0 Å². The van der Waals surface area contributed by atoms with Crippen molar-refractivity contribution in [2.75, 3.05) is 0 Å². The topological polar surface area (TPSA) is 63.3 Å².